The lowest BCUT2D eigenvalue weighted by molar-refractivity contribution is 0.000127. The molecule has 0 aromatic heterocycles. The van der Waals surface area contributed by atoms with Gasteiger partial charge in [0, 0.05) is 12.0 Å². The Morgan fingerprint density at radius 2 is 1.91 bits per heavy atom. The van der Waals surface area contributed by atoms with Crippen LogP contribution in [0, 0.1) is 0 Å². The Morgan fingerprint density at radius 3 is 2.64 bits per heavy atom. The van der Waals surface area contributed by atoms with Crippen molar-refractivity contribution in [3.05, 3.63) is 47.5 Å². The minimum Gasteiger partial charge on any atom is -0.508 e. The second kappa shape index (κ2) is 6.15. The number of fused-ring (bicyclic) bond motifs is 1. The van der Waals surface area contributed by atoms with E-state index in [0.29, 0.717) is 31.1 Å². The largest absolute Gasteiger partial charge is 0.508 e. The first kappa shape index (κ1) is 14.5. The molecule has 0 aliphatic carbocycles. The van der Waals surface area contributed by atoms with Gasteiger partial charge in [-0.2, -0.15) is 0 Å². The van der Waals surface area contributed by atoms with E-state index in [0.717, 1.165) is 11.1 Å². The molecule has 1 unspecified atom stereocenters. The molecule has 0 fully saturated rings. The van der Waals surface area contributed by atoms with Crippen molar-refractivity contribution in [2.75, 3.05) is 13.7 Å². The van der Waals surface area contributed by atoms with Crippen molar-refractivity contribution in [1.29, 1.82) is 0 Å². The summed E-state index contributed by atoms with van der Waals surface area (Å²) in [5.41, 5.74) is 1.95. The summed E-state index contributed by atoms with van der Waals surface area (Å²) in [6.45, 7) is 0.865. The summed E-state index contributed by atoms with van der Waals surface area (Å²) in [6.07, 6.45) is 0.639. The first-order chi connectivity index (χ1) is 10.7. The maximum Gasteiger partial charge on any atom is 0.203 e. The van der Waals surface area contributed by atoms with Crippen molar-refractivity contribution < 1.29 is 24.4 Å². The predicted octanol–water partition coefficient (Wildman–Crippen LogP) is 2.63. The maximum atomic E-state index is 9.75. The van der Waals surface area contributed by atoms with Gasteiger partial charge >= 0.3 is 0 Å². The molecule has 5 heteroatoms. The molecular weight excluding hydrogens is 284 g/mol. The van der Waals surface area contributed by atoms with Gasteiger partial charge in [-0.15, -0.1) is 0 Å². The van der Waals surface area contributed by atoms with E-state index in [4.69, 9.17) is 14.2 Å². The fourth-order valence-electron chi connectivity index (χ4n) is 2.50. The van der Waals surface area contributed by atoms with Crippen LogP contribution in [0.15, 0.2) is 36.4 Å². The first-order valence-corrected chi connectivity index (χ1v) is 7.08. The summed E-state index contributed by atoms with van der Waals surface area (Å²) in [5, 5.41) is 19.0. The highest BCUT2D eigenvalue weighted by Crippen LogP contribution is 2.41. The van der Waals surface area contributed by atoms with Crippen LogP contribution in [0.2, 0.25) is 0 Å². The minimum absolute atomic E-state index is 0.0597. The van der Waals surface area contributed by atoms with Crippen LogP contribution < -0.4 is 9.47 Å². The molecule has 1 aliphatic heterocycles. The highest BCUT2D eigenvalue weighted by molar-refractivity contribution is 5.55. The minimum atomic E-state index is -0.0597. The zero-order chi connectivity index (χ0) is 15.5. The Bertz CT molecular complexity index is 651. The topological polar surface area (TPSA) is 68.2 Å². The molecule has 1 heterocycles. The van der Waals surface area contributed by atoms with Crippen molar-refractivity contribution in [3.63, 3.8) is 0 Å². The van der Waals surface area contributed by atoms with E-state index < -0.39 is 0 Å². The summed E-state index contributed by atoms with van der Waals surface area (Å²) >= 11 is 0. The van der Waals surface area contributed by atoms with Gasteiger partial charge in [0.25, 0.3) is 0 Å². The highest BCUT2D eigenvalue weighted by Gasteiger charge is 2.25. The number of aromatic hydroxyl groups is 2. The molecule has 0 radical (unpaired) electrons. The van der Waals surface area contributed by atoms with Gasteiger partial charge in [0.2, 0.25) is 5.75 Å². The molecule has 2 aromatic rings. The zero-order valence-corrected chi connectivity index (χ0v) is 12.3. The molecule has 3 rings (SSSR count). The van der Waals surface area contributed by atoms with Gasteiger partial charge in [0.15, 0.2) is 11.5 Å². The van der Waals surface area contributed by atoms with E-state index in [2.05, 4.69) is 0 Å². The van der Waals surface area contributed by atoms with Crippen LogP contribution in [-0.4, -0.2) is 30.0 Å². The van der Waals surface area contributed by atoms with Crippen LogP contribution in [-0.2, 0) is 17.8 Å². The van der Waals surface area contributed by atoms with Crippen LogP contribution in [0.5, 0.6) is 23.0 Å². The molecule has 5 nitrogen and oxygen atoms in total. The second-order valence-electron chi connectivity index (χ2n) is 5.22. The van der Waals surface area contributed by atoms with E-state index in [1.165, 1.54) is 7.11 Å². The third kappa shape index (κ3) is 2.94. The molecule has 2 aromatic carbocycles. The zero-order valence-electron chi connectivity index (χ0n) is 12.3. The summed E-state index contributed by atoms with van der Waals surface area (Å²) < 4.78 is 16.7. The lowest BCUT2D eigenvalue weighted by atomic mass is 10.0. The number of methoxy groups -OCH3 is 1. The summed E-state index contributed by atoms with van der Waals surface area (Å²) in [5.74, 6) is 1.27. The van der Waals surface area contributed by atoms with E-state index in [-0.39, 0.29) is 17.6 Å². The highest BCUT2D eigenvalue weighted by atomic mass is 16.5. The van der Waals surface area contributed by atoms with E-state index in [1.807, 2.05) is 18.2 Å². The fourth-order valence-corrected chi connectivity index (χ4v) is 2.50. The Balaban J connectivity index is 1.66. The average Bonchev–Trinajstić information content (AvgIpc) is 2.54. The second-order valence-corrected chi connectivity index (χ2v) is 5.22. The number of benzene rings is 2. The van der Waals surface area contributed by atoms with Crippen molar-refractivity contribution in [2.45, 2.75) is 19.1 Å². The molecule has 0 bridgehead atoms. The van der Waals surface area contributed by atoms with Gasteiger partial charge in [-0.3, -0.25) is 0 Å². The van der Waals surface area contributed by atoms with E-state index in [9.17, 15) is 10.2 Å². The van der Waals surface area contributed by atoms with Crippen LogP contribution in [0.4, 0.5) is 0 Å². The van der Waals surface area contributed by atoms with Gasteiger partial charge in [-0.25, -0.2) is 0 Å². The van der Waals surface area contributed by atoms with Crippen molar-refractivity contribution in [1.82, 2.24) is 0 Å². The van der Waals surface area contributed by atoms with Crippen molar-refractivity contribution in [3.8, 4) is 23.0 Å². The van der Waals surface area contributed by atoms with E-state index in [1.54, 1.807) is 18.2 Å². The Hall–Kier alpha value is -2.40. The standard InChI is InChI=1S/C17H18O5/c1-20-17-15(19)7-4-12-8-14(10-22-16(12)17)21-9-11-2-5-13(18)6-3-11/h2-7,14,18-19H,8-10H2,1H3. The van der Waals surface area contributed by atoms with Gasteiger partial charge in [0.05, 0.1) is 19.8 Å². The summed E-state index contributed by atoms with van der Waals surface area (Å²) in [4.78, 5) is 0. The molecule has 22 heavy (non-hydrogen) atoms. The van der Waals surface area contributed by atoms with Crippen molar-refractivity contribution in [2.24, 2.45) is 0 Å². The van der Waals surface area contributed by atoms with Crippen LogP contribution in [0.1, 0.15) is 11.1 Å². The third-order valence-corrected chi connectivity index (χ3v) is 3.66. The SMILES string of the molecule is COc1c(O)ccc2c1OCC(OCc1ccc(O)cc1)C2. The fraction of sp³-hybridized carbons (Fsp3) is 0.294. The van der Waals surface area contributed by atoms with Gasteiger partial charge in [-0.05, 0) is 23.8 Å². The van der Waals surface area contributed by atoms with Crippen molar-refractivity contribution >= 4 is 0 Å². The molecule has 116 valence electrons. The van der Waals surface area contributed by atoms with Gasteiger partial charge in [0.1, 0.15) is 12.4 Å². The smallest absolute Gasteiger partial charge is 0.203 e. The first-order valence-electron chi connectivity index (χ1n) is 7.08. The Labute approximate surface area is 128 Å². The number of phenolic OH excluding ortho intramolecular Hbond substituents is 2. The lowest BCUT2D eigenvalue weighted by Gasteiger charge is -2.27. The third-order valence-electron chi connectivity index (χ3n) is 3.66. The van der Waals surface area contributed by atoms with E-state index >= 15 is 0 Å². The molecule has 0 saturated heterocycles. The number of rotatable bonds is 4. The molecule has 0 saturated carbocycles. The van der Waals surface area contributed by atoms with Crippen LogP contribution in [0.3, 0.4) is 0 Å². The number of ether oxygens (including phenoxy) is 3. The monoisotopic (exact) mass is 302 g/mol. The maximum absolute atomic E-state index is 9.75. The Kier molecular flexibility index (Phi) is 4.06. The van der Waals surface area contributed by atoms with Gasteiger partial charge < -0.3 is 24.4 Å². The number of hydrogen-bond donors (Lipinski definition) is 2. The average molecular weight is 302 g/mol. The lowest BCUT2D eigenvalue weighted by Crippen LogP contribution is -2.28. The number of phenols is 2. The Morgan fingerprint density at radius 1 is 1.14 bits per heavy atom. The molecule has 0 amide bonds. The molecule has 1 atom stereocenters. The molecular formula is C17H18O5. The van der Waals surface area contributed by atoms with Gasteiger partial charge in [-0.1, -0.05) is 18.2 Å². The molecule has 1 aliphatic rings. The molecule has 0 spiro atoms. The quantitative estimate of drug-likeness (QED) is 0.908. The predicted molar refractivity (Wildman–Crippen MR) is 80.5 cm³/mol. The van der Waals surface area contributed by atoms with Crippen LogP contribution >= 0.6 is 0 Å². The molecule has 2 N–H and O–H groups in total. The number of hydrogen-bond acceptors (Lipinski definition) is 5. The summed E-state index contributed by atoms with van der Waals surface area (Å²) in [7, 11) is 1.51. The summed E-state index contributed by atoms with van der Waals surface area (Å²) in [6, 6.07) is 10.4. The normalized spacial score (nSPS) is 16.7. The van der Waals surface area contributed by atoms with Crippen LogP contribution in [0.25, 0.3) is 0 Å².